The summed E-state index contributed by atoms with van der Waals surface area (Å²) in [5, 5.41) is 0. The first-order valence-corrected chi connectivity index (χ1v) is 11.9. The lowest BCUT2D eigenvalue weighted by atomic mass is 9.81. The summed E-state index contributed by atoms with van der Waals surface area (Å²) >= 11 is 0. The van der Waals surface area contributed by atoms with Gasteiger partial charge in [-0.25, -0.2) is 4.79 Å². The predicted octanol–water partition coefficient (Wildman–Crippen LogP) is 8.54. The van der Waals surface area contributed by atoms with Crippen LogP contribution in [0.2, 0.25) is 0 Å². The SMILES string of the molecule is CC1=C=CC[C@@H](C)CC(OC(=O)c2cccc(C(F)(F)F)c2)[C@H](C(C)C)CC/C(C)=C\CC1. The topological polar surface area (TPSA) is 26.3 Å². The summed E-state index contributed by atoms with van der Waals surface area (Å²) in [5.41, 5.74) is 4.99. The van der Waals surface area contributed by atoms with Crippen LogP contribution in [0.3, 0.4) is 0 Å². The van der Waals surface area contributed by atoms with Crippen molar-refractivity contribution >= 4 is 5.97 Å². The van der Waals surface area contributed by atoms with Gasteiger partial charge in [0.2, 0.25) is 0 Å². The second-order valence-electron chi connectivity index (χ2n) is 9.76. The predicted molar refractivity (Wildman–Crippen MR) is 127 cm³/mol. The van der Waals surface area contributed by atoms with Gasteiger partial charge in [0.05, 0.1) is 11.1 Å². The molecular formula is C28H37F3O2. The van der Waals surface area contributed by atoms with Crippen LogP contribution in [-0.2, 0) is 10.9 Å². The Bertz CT molecular complexity index is 889. The molecule has 0 amide bonds. The van der Waals surface area contributed by atoms with Crippen molar-refractivity contribution < 1.29 is 22.7 Å². The summed E-state index contributed by atoms with van der Waals surface area (Å²) in [4.78, 5) is 12.9. The lowest BCUT2D eigenvalue weighted by molar-refractivity contribution is -0.137. The fraction of sp³-hybridized carbons (Fsp3) is 0.571. The van der Waals surface area contributed by atoms with Gasteiger partial charge in [0.15, 0.2) is 0 Å². The summed E-state index contributed by atoms with van der Waals surface area (Å²) in [6.45, 7) is 10.6. The number of ether oxygens (including phenoxy) is 1. The minimum Gasteiger partial charge on any atom is -0.458 e. The van der Waals surface area contributed by atoms with Crippen molar-refractivity contribution in [2.75, 3.05) is 0 Å². The first-order chi connectivity index (χ1) is 15.5. The third-order valence-electron chi connectivity index (χ3n) is 6.41. The summed E-state index contributed by atoms with van der Waals surface area (Å²) in [6, 6.07) is 4.48. The van der Waals surface area contributed by atoms with Gasteiger partial charge in [0.1, 0.15) is 6.10 Å². The van der Waals surface area contributed by atoms with Crippen molar-refractivity contribution in [3.8, 4) is 0 Å². The van der Waals surface area contributed by atoms with Gasteiger partial charge in [-0.15, -0.1) is 5.73 Å². The molecule has 0 bridgehead atoms. The maximum absolute atomic E-state index is 13.1. The summed E-state index contributed by atoms with van der Waals surface area (Å²) in [6.07, 6.45) is 4.68. The van der Waals surface area contributed by atoms with Crippen molar-refractivity contribution in [1.82, 2.24) is 0 Å². The third-order valence-corrected chi connectivity index (χ3v) is 6.41. The van der Waals surface area contributed by atoms with E-state index in [0.29, 0.717) is 6.42 Å². The van der Waals surface area contributed by atoms with Crippen molar-refractivity contribution in [1.29, 1.82) is 0 Å². The molecule has 0 saturated heterocycles. The minimum atomic E-state index is -4.50. The van der Waals surface area contributed by atoms with Gasteiger partial charge in [0, 0.05) is 0 Å². The van der Waals surface area contributed by atoms with Gasteiger partial charge >= 0.3 is 12.1 Å². The number of halogens is 3. The van der Waals surface area contributed by atoms with E-state index in [1.54, 1.807) is 0 Å². The minimum absolute atomic E-state index is 0.0612. The van der Waals surface area contributed by atoms with Gasteiger partial charge in [0.25, 0.3) is 0 Å². The molecule has 1 aromatic carbocycles. The van der Waals surface area contributed by atoms with Crippen LogP contribution in [0.4, 0.5) is 13.2 Å². The summed E-state index contributed by atoms with van der Waals surface area (Å²) in [5.74, 6) is -0.0429. The number of rotatable bonds is 3. The molecule has 0 fully saturated rings. The molecule has 0 radical (unpaired) electrons. The molecule has 33 heavy (non-hydrogen) atoms. The highest BCUT2D eigenvalue weighted by molar-refractivity contribution is 5.89. The van der Waals surface area contributed by atoms with Crippen LogP contribution in [-0.4, -0.2) is 12.1 Å². The van der Waals surface area contributed by atoms with E-state index in [0.717, 1.165) is 44.2 Å². The van der Waals surface area contributed by atoms with E-state index in [4.69, 9.17) is 4.74 Å². The quantitative estimate of drug-likeness (QED) is 0.256. The second kappa shape index (κ2) is 12.3. The Hall–Kier alpha value is -2.26. The highest BCUT2D eigenvalue weighted by atomic mass is 19.4. The summed E-state index contributed by atoms with van der Waals surface area (Å²) < 4.78 is 45.3. The molecule has 182 valence electrons. The highest BCUT2D eigenvalue weighted by Gasteiger charge is 2.33. The lowest BCUT2D eigenvalue weighted by Crippen LogP contribution is -2.32. The largest absolute Gasteiger partial charge is 0.458 e. The van der Waals surface area contributed by atoms with E-state index in [-0.39, 0.29) is 29.4 Å². The smallest absolute Gasteiger partial charge is 0.416 e. The Balaban J connectivity index is 2.31. The third kappa shape index (κ3) is 8.89. The van der Waals surface area contributed by atoms with E-state index in [9.17, 15) is 18.0 Å². The zero-order chi connectivity index (χ0) is 24.6. The molecule has 0 aliphatic heterocycles. The van der Waals surface area contributed by atoms with E-state index in [1.165, 1.54) is 23.3 Å². The normalized spacial score (nSPS) is 25.1. The molecule has 1 unspecified atom stereocenters. The first-order valence-electron chi connectivity index (χ1n) is 11.9. The Labute approximate surface area is 196 Å². The molecule has 1 aliphatic carbocycles. The standard InChI is InChI=1S/C28H37F3O2/c1-19(2)25-16-15-21(4)11-6-9-20(3)10-7-12-22(5)17-26(25)33-27(32)23-13-8-14-24(18-23)28(29,30)31/h7-8,11,13-14,18-19,22,25-26H,6,9,12,15-17H2,1-5H3/b21-11-/t10?,22-,25+,26?/m1/s1. The Kier molecular flexibility index (Phi) is 10.0. The second-order valence-corrected chi connectivity index (χ2v) is 9.76. The van der Waals surface area contributed by atoms with Crippen LogP contribution in [0.15, 0.2) is 53.3 Å². The maximum atomic E-state index is 13.1. The number of benzene rings is 1. The monoisotopic (exact) mass is 462 g/mol. The molecule has 0 heterocycles. The molecule has 1 aliphatic rings. The number of esters is 1. The molecule has 1 aromatic rings. The molecular weight excluding hydrogens is 425 g/mol. The fourth-order valence-electron chi connectivity index (χ4n) is 4.32. The number of alkyl halides is 3. The maximum Gasteiger partial charge on any atom is 0.416 e. The number of carbonyl (C=O) groups is 1. The molecule has 3 atom stereocenters. The lowest BCUT2D eigenvalue weighted by Gasteiger charge is -2.32. The zero-order valence-electron chi connectivity index (χ0n) is 20.5. The fourth-order valence-corrected chi connectivity index (χ4v) is 4.32. The van der Waals surface area contributed by atoms with Crippen LogP contribution in [0, 0.1) is 17.8 Å². The first kappa shape index (κ1) is 27.0. The Morgan fingerprint density at radius 3 is 2.58 bits per heavy atom. The molecule has 0 aromatic heterocycles. The van der Waals surface area contributed by atoms with Gasteiger partial charge in [-0.2, -0.15) is 13.2 Å². The number of allylic oxidation sites excluding steroid dienone is 3. The summed E-state index contributed by atoms with van der Waals surface area (Å²) in [7, 11) is 0. The van der Waals surface area contributed by atoms with Crippen LogP contribution in [0.5, 0.6) is 0 Å². The van der Waals surface area contributed by atoms with Gasteiger partial charge in [-0.3, -0.25) is 0 Å². The van der Waals surface area contributed by atoms with Crippen LogP contribution in [0.25, 0.3) is 0 Å². The van der Waals surface area contributed by atoms with Crippen molar-refractivity contribution in [3.63, 3.8) is 0 Å². The average Bonchev–Trinajstić information content (AvgIpc) is 2.72. The van der Waals surface area contributed by atoms with Crippen molar-refractivity contribution in [3.05, 3.63) is 64.4 Å². The van der Waals surface area contributed by atoms with Gasteiger partial charge < -0.3 is 4.74 Å². The van der Waals surface area contributed by atoms with Crippen LogP contribution < -0.4 is 0 Å². The number of carbonyl (C=O) groups excluding carboxylic acids is 1. The molecule has 0 spiro atoms. The number of hydrogen-bond donors (Lipinski definition) is 0. The van der Waals surface area contributed by atoms with E-state index >= 15 is 0 Å². The van der Waals surface area contributed by atoms with Crippen LogP contribution in [0.1, 0.15) is 89.1 Å². The van der Waals surface area contributed by atoms with E-state index in [1.807, 2.05) is 0 Å². The Morgan fingerprint density at radius 2 is 1.91 bits per heavy atom. The zero-order valence-corrected chi connectivity index (χ0v) is 20.5. The molecule has 2 nitrogen and oxygen atoms in total. The Morgan fingerprint density at radius 1 is 1.18 bits per heavy atom. The van der Waals surface area contributed by atoms with Gasteiger partial charge in [-0.05, 0) is 100.0 Å². The molecule has 0 saturated carbocycles. The van der Waals surface area contributed by atoms with E-state index < -0.39 is 17.7 Å². The van der Waals surface area contributed by atoms with E-state index in [2.05, 4.69) is 52.5 Å². The number of hydrogen-bond acceptors (Lipinski definition) is 2. The van der Waals surface area contributed by atoms with Crippen molar-refractivity contribution in [2.45, 2.75) is 85.4 Å². The van der Waals surface area contributed by atoms with Gasteiger partial charge in [-0.1, -0.05) is 38.5 Å². The molecule has 2 rings (SSSR count). The van der Waals surface area contributed by atoms with Crippen molar-refractivity contribution in [2.24, 2.45) is 17.8 Å². The van der Waals surface area contributed by atoms with Crippen LogP contribution >= 0.6 is 0 Å². The molecule has 5 heteroatoms. The average molecular weight is 463 g/mol. The highest BCUT2D eigenvalue weighted by Crippen LogP contribution is 2.33. The molecule has 0 N–H and O–H groups in total.